The van der Waals surface area contributed by atoms with Crippen molar-refractivity contribution in [1.29, 1.82) is 0 Å². The molecule has 1 fully saturated rings. The average Bonchev–Trinajstić information content (AvgIpc) is 3.31. The fourth-order valence-electron chi connectivity index (χ4n) is 3.06. The average molecular weight is 353 g/mol. The molecule has 0 saturated heterocycles. The lowest BCUT2D eigenvalue weighted by Gasteiger charge is -2.28. The van der Waals surface area contributed by atoms with Crippen molar-refractivity contribution in [2.24, 2.45) is 9.98 Å². The third-order valence-corrected chi connectivity index (χ3v) is 5.05. The zero-order valence-corrected chi connectivity index (χ0v) is 17.3. The van der Waals surface area contributed by atoms with Crippen molar-refractivity contribution in [3.8, 4) is 0 Å². The standard InChI is InChI=1S/C23H32N2O/c1-16(26)9-12-25-20(24-8)23(10-11-23)19-14-17(21(2,3)4)13-18(15-19)22(5,6)7/h9,12-15H,8,10-11H2,1-7H3/b12-9+,25-20?. The maximum absolute atomic E-state index is 11.2. The molecule has 2 rings (SSSR count). The van der Waals surface area contributed by atoms with E-state index < -0.39 is 0 Å². The Morgan fingerprint density at radius 2 is 1.54 bits per heavy atom. The molecule has 3 heteroatoms. The highest BCUT2D eigenvalue weighted by atomic mass is 16.1. The summed E-state index contributed by atoms with van der Waals surface area (Å²) in [4.78, 5) is 19.8. The maximum Gasteiger partial charge on any atom is 0.154 e. The number of ketones is 1. The van der Waals surface area contributed by atoms with E-state index in [9.17, 15) is 4.79 Å². The van der Waals surface area contributed by atoms with Gasteiger partial charge in [-0.25, -0.2) is 9.98 Å². The van der Waals surface area contributed by atoms with Crippen LogP contribution in [0.2, 0.25) is 0 Å². The molecule has 0 aromatic heterocycles. The topological polar surface area (TPSA) is 41.8 Å². The van der Waals surface area contributed by atoms with Gasteiger partial charge in [0.15, 0.2) is 5.78 Å². The molecule has 1 saturated carbocycles. The third kappa shape index (κ3) is 4.38. The second kappa shape index (κ2) is 6.94. The second-order valence-corrected chi connectivity index (χ2v) is 9.42. The van der Waals surface area contributed by atoms with Gasteiger partial charge < -0.3 is 0 Å². The lowest BCUT2D eigenvalue weighted by atomic mass is 9.77. The largest absolute Gasteiger partial charge is 0.295 e. The van der Waals surface area contributed by atoms with Gasteiger partial charge in [-0.1, -0.05) is 59.7 Å². The van der Waals surface area contributed by atoms with Crippen LogP contribution >= 0.6 is 0 Å². The van der Waals surface area contributed by atoms with E-state index in [4.69, 9.17) is 0 Å². The second-order valence-electron chi connectivity index (χ2n) is 9.42. The minimum atomic E-state index is -0.176. The van der Waals surface area contributed by atoms with Gasteiger partial charge in [0, 0.05) is 6.20 Å². The van der Waals surface area contributed by atoms with Crippen molar-refractivity contribution in [2.75, 3.05) is 0 Å². The van der Waals surface area contributed by atoms with E-state index in [1.54, 1.807) is 6.20 Å². The molecule has 0 N–H and O–H groups in total. The van der Waals surface area contributed by atoms with Crippen LogP contribution in [0.3, 0.4) is 0 Å². The van der Waals surface area contributed by atoms with Gasteiger partial charge in [0.2, 0.25) is 0 Å². The van der Waals surface area contributed by atoms with Crippen LogP contribution in [0.25, 0.3) is 0 Å². The van der Waals surface area contributed by atoms with Gasteiger partial charge in [-0.05, 0) is 60.1 Å². The zero-order valence-electron chi connectivity index (χ0n) is 17.3. The van der Waals surface area contributed by atoms with Crippen LogP contribution in [0.4, 0.5) is 0 Å². The van der Waals surface area contributed by atoms with Gasteiger partial charge in [0.05, 0.1) is 5.41 Å². The summed E-state index contributed by atoms with van der Waals surface area (Å²) in [5.74, 6) is 0.688. The number of allylic oxidation sites excluding steroid dienone is 1. The maximum atomic E-state index is 11.2. The first-order valence-corrected chi connectivity index (χ1v) is 9.29. The molecule has 0 amide bonds. The fourth-order valence-corrected chi connectivity index (χ4v) is 3.06. The van der Waals surface area contributed by atoms with Crippen LogP contribution in [-0.2, 0) is 21.0 Å². The minimum Gasteiger partial charge on any atom is -0.295 e. The molecule has 0 bridgehead atoms. The van der Waals surface area contributed by atoms with Crippen LogP contribution in [0.5, 0.6) is 0 Å². The van der Waals surface area contributed by atoms with E-state index >= 15 is 0 Å². The van der Waals surface area contributed by atoms with E-state index in [0.29, 0.717) is 5.84 Å². The van der Waals surface area contributed by atoms with Crippen LogP contribution in [0, 0.1) is 0 Å². The molecule has 0 atom stereocenters. The number of hydrogen-bond acceptors (Lipinski definition) is 2. The third-order valence-electron chi connectivity index (χ3n) is 5.05. The fraction of sp³-hybridized carbons (Fsp3) is 0.522. The number of rotatable bonds is 4. The number of nitrogens with zero attached hydrogens (tertiary/aromatic N) is 2. The zero-order chi connectivity index (χ0) is 19.8. The van der Waals surface area contributed by atoms with Gasteiger partial charge in [-0.3, -0.25) is 4.79 Å². The first-order valence-electron chi connectivity index (χ1n) is 9.29. The lowest BCUT2D eigenvalue weighted by Crippen LogP contribution is -2.23. The van der Waals surface area contributed by atoms with Gasteiger partial charge in [-0.2, -0.15) is 0 Å². The van der Waals surface area contributed by atoms with E-state index in [0.717, 1.165) is 12.8 Å². The first-order chi connectivity index (χ1) is 11.9. The molecule has 0 heterocycles. The molecule has 0 spiro atoms. The van der Waals surface area contributed by atoms with Gasteiger partial charge >= 0.3 is 0 Å². The van der Waals surface area contributed by atoms with Crippen molar-refractivity contribution in [1.82, 2.24) is 0 Å². The number of carbonyl (C=O) groups excluding carboxylic acids is 1. The van der Waals surface area contributed by atoms with Crippen LogP contribution in [-0.4, -0.2) is 18.3 Å². The SMILES string of the molecule is C=NC(=N/C=C/C(C)=O)C1(c2cc(C(C)(C)C)cc(C(C)(C)C)c2)CC1. The Bertz CT molecular complexity index is 734. The summed E-state index contributed by atoms with van der Waals surface area (Å²) in [6.45, 7) is 18.7. The molecule has 1 aromatic carbocycles. The summed E-state index contributed by atoms with van der Waals surface area (Å²) >= 11 is 0. The number of aliphatic imine (C=N–C) groups is 2. The molecule has 0 aliphatic heterocycles. The monoisotopic (exact) mass is 352 g/mol. The summed E-state index contributed by atoms with van der Waals surface area (Å²) in [6, 6.07) is 6.93. The number of carbonyl (C=O) groups is 1. The smallest absolute Gasteiger partial charge is 0.154 e. The quantitative estimate of drug-likeness (QED) is 0.400. The van der Waals surface area contributed by atoms with Crippen molar-refractivity contribution >= 4 is 18.3 Å². The van der Waals surface area contributed by atoms with Crippen molar-refractivity contribution in [3.05, 3.63) is 47.2 Å². The molecule has 3 nitrogen and oxygen atoms in total. The normalized spacial score (nSPS) is 17.4. The predicted molar refractivity (Wildman–Crippen MR) is 112 cm³/mol. The predicted octanol–water partition coefficient (Wildman–Crippen LogP) is 5.52. The molecule has 1 aliphatic rings. The van der Waals surface area contributed by atoms with Crippen LogP contribution in [0.15, 0.2) is 40.5 Å². The minimum absolute atomic E-state index is 0.0215. The van der Waals surface area contributed by atoms with Crippen molar-refractivity contribution < 1.29 is 4.79 Å². The molecule has 1 aromatic rings. The highest BCUT2D eigenvalue weighted by Crippen LogP contribution is 2.51. The van der Waals surface area contributed by atoms with Gasteiger partial charge in [-0.15, -0.1) is 0 Å². The van der Waals surface area contributed by atoms with E-state index in [1.807, 2.05) is 0 Å². The van der Waals surface area contributed by atoms with Crippen LogP contribution in [0.1, 0.15) is 78.0 Å². The van der Waals surface area contributed by atoms with E-state index in [1.165, 1.54) is 29.7 Å². The molecule has 0 radical (unpaired) electrons. The Labute approximate surface area is 158 Å². The van der Waals surface area contributed by atoms with Crippen molar-refractivity contribution in [3.63, 3.8) is 0 Å². The molecule has 1 aliphatic carbocycles. The van der Waals surface area contributed by atoms with E-state index in [2.05, 4.69) is 76.4 Å². The summed E-state index contributed by atoms with van der Waals surface area (Å²) < 4.78 is 0. The highest BCUT2D eigenvalue weighted by molar-refractivity contribution is 5.99. The summed E-state index contributed by atoms with van der Waals surface area (Å²) in [7, 11) is 0. The summed E-state index contributed by atoms with van der Waals surface area (Å²) in [5, 5.41) is 0. The number of benzene rings is 1. The first kappa shape index (κ1) is 20.3. The van der Waals surface area contributed by atoms with Gasteiger partial charge in [0.25, 0.3) is 0 Å². The lowest BCUT2D eigenvalue weighted by molar-refractivity contribution is -0.112. The van der Waals surface area contributed by atoms with E-state index in [-0.39, 0.29) is 22.0 Å². The molecule has 140 valence electrons. The molecular weight excluding hydrogens is 320 g/mol. The Hall–Kier alpha value is -2.03. The molecular formula is C23H32N2O. The van der Waals surface area contributed by atoms with Crippen LogP contribution < -0.4 is 0 Å². The molecule has 0 unspecified atom stereocenters. The number of hydrogen-bond donors (Lipinski definition) is 0. The van der Waals surface area contributed by atoms with Crippen molar-refractivity contribution in [2.45, 2.75) is 77.6 Å². The summed E-state index contributed by atoms with van der Waals surface area (Å²) in [5.41, 5.74) is 3.88. The number of amidine groups is 1. The Kier molecular flexibility index (Phi) is 5.41. The highest BCUT2D eigenvalue weighted by Gasteiger charge is 2.49. The Balaban J connectivity index is 2.59. The molecule has 26 heavy (non-hydrogen) atoms. The Morgan fingerprint density at radius 3 is 1.88 bits per heavy atom. The van der Waals surface area contributed by atoms with Gasteiger partial charge in [0.1, 0.15) is 5.84 Å². The Morgan fingerprint density at radius 1 is 1.04 bits per heavy atom. The summed E-state index contributed by atoms with van der Waals surface area (Å²) in [6.07, 6.45) is 5.03.